The highest BCUT2D eigenvalue weighted by molar-refractivity contribution is 5.67. The van der Waals surface area contributed by atoms with Crippen molar-refractivity contribution >= 4 is 6.09 Å². The van der Waals surface area contributed by atoms with Gasteiger partial charge in [-0.1, -0.05) is 26.0 Å². The van der Waals surface area contributed by atoms with Crippen LogP contribution in [0.1, 0.15) is 19.4 Å². The fourth-order valence-electron chi connectivity index (χ4n) is 1.51. The summed E-state index contributed by atoms with van der Waals surface area (Å²) in [6, 6.07) is 7.82. The minimum absolute atomic E-state index is 0.178. The molecule has 0 saturated heterocycles. The molecule has 0 fully saturated rings. The predicted octanol–water partition coefficient (Wildman–Crippen LogP) is 2.33. The van der Waals surface area contributed by atoms with Crippen LogP contribution in [0.2, 0.25) is 0 Å². The summed E-state index contributed by atoms with van der Waals surface area (Å²) in [5.41, 5.74) is 0.927. The van der Waals surface area contributed by atoms with Gasteiger partial charge in [-0.05, 0) is 17.7 Å². The quantitative estimate of drug-likeness (QED) is 0.874. The highest BCUT2D eigenvalue weighted by atomic mass is 16.5. The molecule has 17 heavy (non-hydrogen) atoms. The molecule has 1 N–H and O–H groups in total. The van der Waals surface area contributed by atoms with Gasteiger partial charge < -0.3 is 14.8 Å². The summed E-state index contributed by atoms with van der Waals surface area (Å²) in [4.78, 5) is 11.1. The van der Waals surface area contributed by atoms with E-state index in [0.29, 0.717) is 6.54 Å². The van der Waals surface area contributed by atoms with Gasteiger partial charge in [0.15, 0.2) is 0 Å². The molecule has 0 spiro atoms. The lowest BCUT2D eigenvalue weighted by Gasteiger charge is -2.25. The Balaban J connectivity index is 2.77. The molecular formula is C13H19NO3. The monoisotopic (exact) mass is 237 g/mol. The van der Waals surface area contributed by atoms with Crippen LogP contribution in [0.4, 0.5) is 4.79 Å². The first-order chi connectivity index (χ1) is 7.99. The molecule has 1 aromatic carbocycles. The first-order valence-electron chi connectivity index (χ1n) is 5.46. The average molecular weight is 237 g/mol. The Morgan fingerprint density at radius 3 is 2.65 bits per heavy atom. The number of carbonyl (C=O) groups excluding carboxylic acids is 1. The Morgan fingerprint density at radius 2 is 2.06 bits per heavy atom. The van der Waals surface area contributed by atoms with E-state index < -0.39 is 6.09 Å². The van der Waals surface area contributed by atoms with E-state index in [4.69, 9.17) is 4.74 Å². The first kappa shape index (κ1) is 13.4. The number of ether oxygens (including phenoxy) is 2. The second-order valence-electron chi connectivity index (χ2n) is 4.46. The zero-order chi connectivity index (χ0) is 12.9. The maximum Gasteiger partial charge on any atom is 0.406 e. The van der Waals surface area contributed by atoms with Gasteiger partial charge in [-0.3, -0.25) is 0 Å². The zero-order valence-electron chi connectivity index (χ0n) is 10.7. The van der Waals surface area contributed by atoms with Crippen molar-refractivity contribution in [1.29, 1.82) is 0 Å². The second kappa shape index (κ2) is 5.57. The maximum absolute atomic E-state index is 11.1. The lowest BCUT2D eigenvalue weighted by atomic mass is 9.84. The third-order valence-electron chi connectivity index (χ3n) is 2.71. The molecular weight excluding hydrogens is 218 g/mol. The largest absolute Gasteiger partial charge is 0.497 e. The van der Waals surface area contributed by atoms with E-state index in [1.165, 1.54) is 7.11 Å². The molecule has 0 aromatic heterocycles. The van der Waals surface area contributed by atoms with Crippen LogP contribution in [0.15, 0.2) is 24.3 Å². The molecule has 0 saturated carbocycles. The van der Waals surface area contributed by atoms with Crippen molar-refractivity contribution in [1.82, 2.24) is 5.32 Å². The van der Waals surface area contributed by atoms with Crippen LogP contribution in [0.25, 0.3) is 0 Å². The Morgan fingerprint density at radius 1 is 1.35 bits per heavy atom. The molecule has 0 aliphatic carbocycles. The number of benzene rings is 1. The van der Waals surface area contributed by atoms with Crippen LogP contribution in [0, 0.1) is 0 Å². The summed E-state index contributed by atoms with van der Waals surface area (Å²) < 4.78 is 9.74. The number of methoxy groups -OCH3 is 2. The van der Waals surface area contributed by atoms with Crippen LogP contribution in [-0.2, 0) is 10.2 Å². The minimum Gasteiger partial charge on any atom is -0.497 e. The van der Waals surface area contributed by atoms with Gasteiger partial charge in [0.25, 0.3) is 0 Å². The lowest BCUT2D eigenvalue weighted by molar-refractivity contribution is 0.168. The van der Waals surface area contributed by atoms with E-state index in [9.17, 15) is 4.79 Å². The third-order valence-corrected chi connectivity index (χ3v) is 2.71. The van der Waals surface area contributed by atoms with Crippen LogP contribution in [0.3, 0.4) is 0 Å². The van der Waals surface area contributed by atoms with Crippen LogP contribution in [-0.4, -0.2) is 26.9 Å². The van der Waals surface area contributed by atoms with E-state index >= 15 is 0 Å². The van der Waals surface area contributed by atoms with Gasteiger partial charge in [0.05, 0.1) is 14.2 Å². The minimum atomic E-state index is -0.416. The van der Waals surface area contributed by atoms with Crippen molar-refractivity contribution in [2.24, 2.45) is 0 Å². The van der Waals surface area contributed by atoms with E-state index in [0.717, 1.165) is 11.3 Å². The van der Waals surface area contributed by atoms with Crippen LogP contribution < -0.4 is 10.1 Å². The molecule has 0 atom stereocenters. The van der Waals surface area contributed by atoms with Crippen LogP contribution >= 0.6 is 0 Å². The Labute approximate surface area is 102 Å². The number of carbonyl (C=O) groups is 1. The summed E-state index contributed by atoms with van der Waals surface area (Å²) >= 11 is 0. The molecule has 0 unspecified atom stereocenters. The van der Waals surface area contributed by atoms with Gasteiger partial charge in [-0.2, -0.15) is 0 Å². The third kappa shape index (κ3) is 3.66. The number of hydrogen-bond donors (Lipinski definition) is 1. The standard InChI is InChI=1S/C13H19NO3/c1-13(2,9-14-12(15)17-4)10-6-5-7-11(8-10)16-3/h5-8H,9H2,1-4H3,(H,14,15). The predicted molar refractivity (Wildman–Crippen MR) is 66.4 cm³/mol. The molecule has 1 rings (SSSR count). The topological polar surface area (TPSA) is 47.6 Å². The first-order valence-corrected chi connectivity index (χ1v) is 5.46. The number of alkyl carbamates (subject to hydrolysis) is 1. The van der Waals surface area contributed by atoms with Crippen LogP contribution in [0.5, 0.6) is 5.75 Å². The van der Waals surface area contributed by atoms with Crippen molar-refractivity contribution in [3.8, 4) is 5.75 Å². The molecule has 0 heterocycles. The van der Waals surface area contributed by atoms with E-state index in [2.05, 4.69) is 23.9 Å². The van der Waals surface area contributed by atoms with Gasteiger partial charge in [0.1, 0.15) is 5.75 Å². The number of rotatable bonds is 4. The molecule has 0 aliphatic heterocycles. The summed E-state index contributed by atoms with van der Waals surface area (Å²) in [5, 5.41) is 2.71. The maximum atomic E-state index is 11.1. The molecule has 4 heteroatoms. The summed E-state index contributed by atoms with van der Waals surface area (Å²) in [5.74, 6) is 0.814. The molecule has 0 aliphatic rings. The normalized spacial score (nSPS) is 10.8. The molecule has 94 valence electrons. The molecule has 0 bridgehead atoms. The highest BCUT2D eigenvalue weighted by Crippen LogP contribution is 2.25. The molecule has 0 radical (unpaired) electrons. The highest BCUT2D eigenvalue weighted by Gasteiger charge is 2.21. The van der Waals surface area contributed by atoms with Gasteiger partial charge in [0, 0.05) is 12.0 Å². The van der Waals surface area contributed by atoms with Crippen molar-refractivity contribution in [3.63, 3.8) is 0 Å². The van der Waals surface area contributed by atoms with Gasteiger partial charge >= 0.3 is 6.09 Å². The number of nitrogens with one attached hydrogen (secondary N) is 1. The Hall–Kier alpha value is -1.71. The summed E-state index contributed by atoms with van der Waals surface area (Å²) in [6.07, 6.45) is -0.416. The molecule has 4 nitrogen and oxygen atoms in total. The second-order valence-corrected chi connectivity index (χ2v) is 4.46. The van der Waals surface area contributed by atoms with E-state index in [1.807, 2.05) is 24.3 Å². The fraction of sp³-hybridized carbons (Fsp3) is 0.462. The van der Waals surface area contributed by atoms with E-state index in [-0.39, 0.29) is 5.41 Å². The Bertz CT molecular complexity index is 388. The fourth-order valence-corrected chi connectivity index (χ4v) is 1.51. The SMILES string of the molecule is COC(=O)NCC(C)(C)c1cccc(OC)c1. The van der Waals surface area contributed by atoms with Crippen molar-refractivity contribution in [3.05, 3.63) is 29.8 Å². The Kier molecular flexibility index (Phi) is 4.37. The van der Waals surface area contributed by atoms with E-state index in [1.54, 1.807) is 7.11 Å². The van der Waals surface area contributed by atoms with Crippen molar-refractivity contribution in [2.45, 2.75) is 19.3 Å². The zero-order valence-corrected chi connectivity index (χ0v) is 10.7. The van der Waals surface area contributed by atoms with Gasteiger partial charge in [-0.15, -0.1) is 0 Å². The van der Waals surface area contributed by atoms with Crippen molar-refractivity contribution < 1.29 is 14.3 Å². The number of amides is 1. The summed E-state index contributed by atoms with van der Waals surface area (Å²) in [7, 11) is 2.99. The van der Waals surface area contributed by atoms with Crippen molar-refractivity contribution in [2.75, 3.05) is 20.8 Å². The molecule has 1 aromatic rings. The van der Waals surface area contributed by atoms with Gasteiger partial charge in [0.2, 0.25) is 0 Å². The average Bonchev–Trinajstić information content (AvgIpc) is 2.36. The molecule has 1 amide bonds. The summed E-state index contributed by atoms with van der Waals surface area (Å²) in [6.45, 7) is 4.61. The van der Waals surface area contributed by atoms with Gasteiger partial charge in [-0.25, -0.2) is 4.79 Å². The smallest absolute Gasteiger partial charge is 0.406 e. The lowest BCUT2D eigenvalue weighted by Crippen LogP contribution is -2.36. The number of hydrogen-bond acceptors (Lipinski definition) is 3.